The molecule has 0 aliphatic rings. The second-order valence-electron chi connectivity index (χ2n) is 4.40. The van der Waals surface area contributed by atoms with Crippen LogP contribution in [0, 0.1) is 0 Å². The standard InChI is InChI=1S/C16H12O6/c17-14(18)11-7-4-8-12(15(19)20)13(11)16(21)22-9-10-5-2-1-3-6-10/h1-8H,9H2,(H,17,18)(H,19,20). The lowest BCUT2D eigenvalue weighted by Gasteiger charge is -2.10. The zero-order chi connectivity index (χ0) is 16.1. The number of rotatable bonds is 5. The fraction of sp³-hybridized carbons (Fsp3) is 0.0625. The molecule has 2 N–H and O–H groups in total. The number of carbonyl (C=O) groups is 3. The van der Waals surface area contributed by atoms with Crippen LogP contribution in [0.25, 0.3) is 0 Å². The van der Waals surface area contributed by atoms with Crippen molar-refractivity contribution in [2.24, 2.45) is 0 Å². The Bertz CT molecular complexity index is 688. The first-order valence-corrected chi connectivity index (χ1v) is 6.31. The van der Waals surface area contributed by atoms with Crippen molar-refractivity contribution in [3.8, 4) is 0 Å². The summed E-state index contributed by atoms with van der Waals surface area (Å²) in [4.78, 5) is 34.5. The van der Waals surface area contributed by atoms with E-state index < -0.39 is 34.6 Å². The van der Waals surface area contributed by atoms with Crippen molar-refractivity contribution in [3.63, 3.8) is 0 Å². The van der Waals surface area contributed by atoms with Gasteiger partial charge in [0.15, 0.2) is 0 Å². The molecule has 0 atom stereocenters. The Morgan fingerprint density at radius 1 is 0.818 bits per heavy atom. The van der Waals surface area contributed by atoms with Crippen LogP contribution >= 0.6 is 0 Å². The van der Waals surface area contributed by atoms with Crippen LogP contribution in [-0.2, 0) is 11.3 Å². The fourth-order valence-electron chi connectivity index (χ4n) is 1.92. The Morgan fingerprint density at radius 2 is 1.36 bits per heavy atom. The summed E-state index contributed by atoms with van der Waals surface area (Å²) >= 11 is 0. The van der Waals surface area contributed by atoms with Gasteiger partial charge in [0.05, 0.1) is 16.7 Å². The second kappa shape index (κ2) is 6.53. The quantitative estimate of drug-likeness (QED) is 0.822. The van der Waals surface area contributed by atoms with Gasteiger partial charge in [0.2, 0.25) is 0 Å². The molecule has 0 aromatic heterocycles. The molecule has 0 heterocycles. The summed E-state index contributed by atoms with van der Waals surface area (Å²) in [7, 11) is 0. The summed E-state index contributed by atoms with van der Waals surface area (Å²) in [6, 6.07) is 12.4. The Balaban J connectivity index is 2.31. The summed E-state index contributed by atoms with van der Waals surface area (Å²) in [6.45, 7) is -0.0767. The number of esters is 1. The molecular weight excluding hydrogens is 288 g/mol. The second-order valence-corrected chi connectivity index (χ2v) is 4.40. The molecule has 0 radical (unpaired) electrons. The summed E-state index contributed by atoms with van der Waals surface area (Å²) < 4.78 is 5.03. The minimum absolute atomic E-state index is 0.0767. The molecule has 0 bridgehead atoms. The van der Waals surface area contributed by atoms with E-state index in [4.69, 9.17) is 14.9 Å². The summed E-state index contributed by atoms with van der Waals surface area (Å²) in [5, 5.41) is 18.2. The van der Waals surface area contributed by atoms with Gasteiger partial charge in [0, 0.05) is 0 Å². The first-order chi connectivity index (χ1) is 10.5. The first-order valence-electron chi connectivity index (χ1n) is 6.31. The van der Waals surface area contributed by atoms with E-state index in [-0.39, 0.29) is 6.61 Å². The lowest BCUT2D eigenvalue weighted by Crippen LogP contribution is -2.17. The third-order valence-electron chi connectivity index (χ3n) is 2.94. The number of carboxylic acids is 2. The number of hydrogen-bond acceptors (Lipinski definition) is 4. The van der Waals surface area contributed by atoms with Crippen molar-refractivity contribution in [2.75, 3.05) is 0 Å². The minimum Gasteiger partial charge on any atom is -0.478 e. The normalized spacial score (nSPS) is 10.0. The molecular formula is C16H12O6. The van der Waals surface area contributed by atoms with Crippen molar-refractivity contribution in [2.45, 2.75) is 6.61 Å². The van der Waals surface area contributed by atoms with E-state index in [1.54, 1.807) is 30.3 Å². The van der Waals surface area contributed by atoms with Gasteiger partial charge in [-0.05, 0) is 17.7 Å². The molecule has 0 unspecified atom stereocenters. The van der Waals surface area contributed by atoms with Gasteiger partial charge in [-0.2, -0.15) is 0 Å². The zero-order valence-corrected chi connectivity index (χ0v) is 11.4. The molecule has 0 aliphatic heterocycles. The van der Waals surface area contributed by atoms with E-state index in [0.717, 1.165) is 12.1 Å². The molecule has 112 valence electrons. The smallest absolute Gasteiger partial charge is 0.340 e. The topological polar surface area (TPSA) is 101 Å². The van der Waals surface area contributed by atoms with E-state index in [2.05, 4.69) is 0 Å². The minimum atomic E-state index is -1.39. The maximum Gasteiger partial charge on any atom is 0.340 e. The van der Waals surface area contributed by atoms with Gasteiger partial charge in [0.1, 0.15) is 6.61 Å². The van der Waals surface area contributed by atoms with Crippen molar-refractivity contribution >= 4 is 17.9 Å². The molecule has 0 saturated heterocycles. The molecule has 2 aromatic carbocycles. The molecule has 0 saturated carbocycles. The van der Waals surface area contributed by atoms with Crippen LogP contribution in [-0.4, -0.2) is 28.1 Å². The van der Waals surface area contributed by atoms with Gasteiger partial charge in [-0.25, -0.2) is 14.4 Å². The van der Waals surface area contributed by atoms with Crippen molar-refractivity contribution in [1.29, 1.82) is 0 Å². The maximum atomic E-state index is 12.1. The molecule has 6 heteroatoms. The van der Waals surface area contributed by atoms with Crippen molar-refractivity contribution < 1.29 is 29.3 Å². The number of benzene rings is 2. The average Bonchev–Trinajstić information content (AvgIpc) is 2.52. The van der Waals surface area contributed by atoms with Crippen LogP contribution in [0.5, 0.6) is 0 Å². The van der Waals surface area contributed by atoms with Gasteiger partial charge < -0.3 is 14.9 Å². The lowest BCUT2D eigenvalue weighted by molar-refractivity contribution is 0.0455. The van der Waals surface area contributed by atoms with Crippen LogP contribution in [0.4, 0.5) is 0 Å². The van der Waals surface area contributed by atoms with Gasteiger partial charge in [-0.3, -0.25) is 0 Å². The van der Waals surface area contributed by atoms with Crippen molar-refractivity contribution in [1.82, 2.24) is 0 Å². The molecule has 6 nitrogen and oxygen atoms in total. The maximum absolute atomic E-state index is 12.1. The number of hydrogen-bond donors (Lipinski definition) is 2. The predicted octanol–water partition coefficient (Wildman–Crippen LogP) is 2.44. The van der Waals surface area contributed by atoms with Crippen LogP contribution in [0.3, 0.4) is 0 Å². The van der Waals surface area contributed by atoms with Gasteiger partial charge >= 0.3 is 17.9 Å². The van der Waals surface area contributed by atoms with Crippen LogP contribution in [0.2, 0.25) is 0 Å². The van der Waals surface area contributed by atoms with E-state index in [0.29, 0.717) is 5.56 Å². The Kier molecular flexibility index (Phi) is 4.53. The molecule has 0 spiro atoms. The SMILES string of the molecule is O=C(O)c1cccc(C(=O)O)c1C(=O)OCc1ccccc1. The highest BCUT2D eigenvalue weighted by Gasteiger charge is 2.25. The number of carboxylic acid groups (broad SMARTS) is 2. The Morgan fingerprint density at radius 3 is 1.86 bits per heavy atom. The predicted molar refractivity (Wildman–Crippen MR) is 75.9 cm³/mol. The van der Waals surface area contributed by atoms with Gasteiger partial charge in [0.25, 0.3) is 0 Å². The number of aromatic carboxylic acids is 2. The highest BCUT2D eigenvalue weighted by Crippen LogP contribution is 2.18. The van der Waals surface area contributed by atoms with E-state index >= 15 is 0 Å². The largest absolute Gasteiger partial charge is 0.478 e. The van der Waals surface area contributed by atoms with Crippen LogP contribution in [0.1, 0.15) is 36.6 Å². The van der Waals surface area contributed by atoms with Crippen LogP contribution in [0.15, 0.2) is 48.5 Å². The van der Waals surface area contributed by atoms with E-state index in [9.17, 15) is 14.4 Å². The Hall–Kier alpha value is -3.15. The number of carbonyl (C=O) groups excluding carboxylic acids is 1. The summed E-state index contributed by atoms with van der Waals surface area (Å²) in [5.41, 5.74) is -0.560. The van der Waals surface area contributed by atoms with E-state index in [1.165, 1.54) is 6.07 Å². The molecule has 0 aliphatic carbocycles. The molecule has 2 rings (SSSR count). The molecule has 22 heavy (non-hydrogen) atoms. The highest BCUT2D eigenvalue weighted by molar-refractivity contribution is 6.09. The Labute approximate surface area is 125 Å². The summed E-state index contributed by atoms with van der Waals surface area (Å²) in [5.74, 6) is -3.77. The number of ether oxygens (including phenoxy) is 1. The lowest BCUT2D eigenvalue weighted by atomic mass is 10.0. The highest BCUT2D eigenvalue weighted by atomic mass is 16.5. The molecule has 0 fully saturated rings. The molecule has 0 amide bonds. The van der Waals surface area contributed by atoms with Crippen molar-refractivity contribution in [3.05, 3.63) is 70.8 Å². The first kappa shape index (κ1) is 15.2. The third kappa shape index (κ3) is 3.29. The van der Waals surface area contributed by atoms with E-state index in [1.807, 2.05) is 0 Å². The monoisotopic (exact) mass is 300 g/mol. The summed E-state index contributed by atoms with van der Waals surface area (Å²) in [6.07, 6.45) is 0. The molecule has 2 aromatic rings. The van der Waals surface area contributed by atoms with Gasteiger partial charge in [-0.15, -0.1) is 0 Å². The fourth-order valence-corrected chi connectivity index (χ4v) is 1.92. The average molecular weight is 300 g/mol. The third-order valence-corrected chi connectivity index (χ3v) is 2.94. The van der Waals surface area contributed by atoms with Gasteiger partial charge in [-0.1, -0.05) is 36.4 Å². The zero-order valence-electron chi connectivity index (χ0n) is 11.4. The van der Waals surface area contributed by atoms with Crippen LogP contribution < -0.4 is 0 Å².